The van der Waals surface area contributed by atoms with Gasteiger partial charge in [-0.1, -0.05) is 11.6 Å². The molecule has 0 aliphatic carbocycles. The first-order valence-electron chi connectivity index (χ1n) is 6.22. The van der Waals surface area contributed by atoms with Crippen molar-refractivity contribution in [2.24, 2.45) is 0 Å². The zero-order chi connectivity index (χ0) is 13.0. The van der Waals surface area contributed by atoms with Gasteiger partial charge in [-0.05, 0) is 50.7 Å². The monoisotopic (exact) mass is 303 g/mol. The summed E-state index contributed by atoms with van der Waals surface area (Å²) in [4.78, 5) is 15.2. The summed E-state index contributed by atoms with van der Waals surface area (Å²) in [6, 6.07) is 3.63. The molecule has 0 aromatic carbocycles. The summed E-state index contributed by atoms with van der Waals surface area (Å²) in [5, 5.41) is 0.765. The Morgan fingerprint density at radius 3 is 3.00 bits per heavy atom. The molecule has 5 heteroatoms. The molecule has 0 spiro atoms. The first-order valence-corrected chi connectivity index (χ1v) is 8.71. The average Bonchev–Trinajstić information content (AvgIpc) is 2.67. The van der Waals surface area contributed by atoms with Crippen molar-refractivity contribution < 1.29 is 4.79 Å². The van der Waals surface area contributed by atoms with Crippen LogP contribution in [0, 0.1) is 0 Å². The third kappa shape index (κ3) is 3.98. The molecule has 1 aromatic rings. The maximum atomic E-state index is 12.1. The number of carbonyl (C=O) groups excluding carboxylic acids is 1. The van der Waals surface area contributed by atoms with Crippen molar-refractivity contribution in [1.29, 1.82) is 0 Å². The average molecular weight is 304 g/mol. The summed E-state index contributed by atoms with van der Waals surface area (Å²) in [6.07, 6.45) is 5.85. The van der Waals surface area contributed by atoms with E-state index in [0.29, 0.717) is 10.9 Å². The fourth-order valence-electron chi connectivity index (χ4n) is 2.26. The number of Topliss-reactive ketones (excluding diaryl/α,β-unsaturated/α-hetero) is 1. The zero-order valence-corrected chi connectivity index (χ0v) is 12.9. The molecule has 2 heterocycles. The highest BCUT2D eigenvalue weighted by molar-refractivity contribution is 7.99. The molecule has 0 radical (unpaired) electrons. The van der Waals surface area contributed by atoms with E-state index in [9.17, 15) is 4.79 Å². The fraction of sp³-hybridized carbons (Fsp3) is 0.615. The molecule has 1 aliphatic heterocycles. The summed E-state index contributed by atoms with van der Waals surface area (Å²) in [5.41, 5.74) is 0. The van der Waals surface area contributed by atoms with E-state index in [-0.39, 0.29) is 5.78 Å². The van der Waals surface area contributed by atoms with Gasteiger partial charge in [0, 0.05) is 5.25 Å². The largest absolute Gasteiger partial charge is 0.296 e. The van der Waals surface area contributed by atoms with Gasteiger partial charge >= 0.3 is 0 Å². The maximum absolute atomic E-state index is 12.1. The molecule has 1 fully saturated rings. The Balaban J connectivity index is 1.87. The molecular weight excluding hydrogens is 286 g/mol. The van der Waals surface area contributed by atoms with Crippen LogP contribution in [0.3, 0.4) is 0 Å². The van der Waals surface area contributed by atoms with E-state index >= 15 is 0 Å². The Hall–Kier alpha value is -0.0300. The van der Waals surface area contributed by atoms with Crippen molar-refractivity contribution in [3.05, 3.63) is 21.3 Å². The van der Waals surface area contributed by atoms with Crippen molar-refractivity contribution in [2.75, 3.05) is 25.9 Å². The number of hydrogen-bond donors (Lipinski definition) is 0. The third-order valence-electron chi connectivity index (χ3n) is 3.32. The molecular formula is C13H18ClNOS2. The number of carbonyl (C=O) groups is 1. The van der Waals surface area contributed by atoms with Crippen molar-refractivity contribution in [2.45, 2.75) is 24.5 Å². The van der Waals surface area contributed by atoms with Crippen LogP contribution >= 0.6 is 34.7 Å². The van der Waals surface area contributed by atoms with Crippen LogP contribution in [0.25, 0.3) is 0 Å². The number of halogens is 1. The van der Waals surface area contributed by atoms with Gasteiger partial charge in [-0.3, -0.25) is 9.69 Å². The second kappa shape index (κ2) is 6.94. The van der Waals surface area contributed by atoms with E-state index in [2.05, 4.69) is 11.2 Å². The van der Waals surface area contributed by atoms with Gasteiger partial charge in [0.2, 0.25) is 0 Å². The molecule has 18 heavy (non-hydrogen) atoms. The van der Waals surface area contributed by atoms with E-state index in [1.807, 2.05) is 17.8 Å². The minimum atomic E-state index is 0.203. The van der Waals surface area contributed by atoms with E-state index < -0.39 is 0 Å². The lowest BCUT2D eigenvalue weighted by atomic mass is 10.2. The standard InChI is InChI=1S/C13H18ClNOS2/c1-17-10-3-2-7-15(8-6-10)9-11(16)12-4-5-13(14)18-12/h4-5,10H,2-3,6-9H2,1H3. The van der Waals surface area contributed by atoms with Crippen LogP contribution < -0.4 is 0 Å². The second-order valence-corrected chi connectivity index (χ2v) is 7.44. The van der Waals surface area contributed by atoms with Gasteiger partial charge in [-0.15, -0.1) is 11.3 Å². The van der Waals surface area contributed by atoms with E-state index in [1.165, 1.54) is 30.6 Å². The summed E-state index contributed by atoms with van der Waals surface area (Å²) in [6.45, 7) is 2.62. The first kappa shape index (κ1) is 14.4. The molecule has 0 saturated carbocycles. The molecule has 2 nitrogen and oxygen atoms in total. The van der Waals surface area contributed by atoms with Gasteiger partial charge in [0.15, 0.2) is 5.78 Å². The van der Waals surface area contributed by atoms with Gasteiger partial charge in [0.25, 0.3) is 0 Å². The molecule has 1 atom stereocenters. The first-order chi connectivity index (χ1) is 8.69. The van der Waals surface area contributed by atoms with Gasteiger partial charge < -0.3 is 0 Å². The Morgan fingerprint density at radius 1 is 1.50 bits per heavy atom. The van der Waals surface area contributed by atoms with E-state index in [0.717, 1.165) is 23.2 Å². The molecule has 0 N–H and O–H groups in total. The van der Waals surface area contributed by atoms with Crippen molar-refractivity contribution >= 4 is 40.5 Å². The van der Waals surface area contributed by atoms with Crippen LogP contribution in [0.1, 0.15) is 28.9 Å². The normalized spacial score (nSPS) is 21.8. The molecule has 2 rings (SSSR count). The highest BCUT2D eigenvalue weighted by Gasteiger charge is 2.19. The minimum Gasteiger partial charge on any atom is -0.296 e. The van der Waals surface area contributed by atoms with Crippen LogP contribution in [-0.4, -0.2) is 41.8 Å². The van der Waals surface area contributed by atoms with Crippen LogP contribution in [0.2, 0.25) is 4.34 Å². The highest BCUT2D eigenvalue weighted by atomic mass is 35.5. The predicted molar refractivity (Wildman–Crippen MR) is 81.3 cm³/mol. The summed E-state index contributed by atoms with van der Waals surface area (Å²) in [7, 11) is 0. The number of likely N-dealkylation sites (tertiary alicyclic amines) is 1. The Morgan fingerprint density at radius 2 is 2.33 bits per heavy atom. The predicted octanol–water partition coefficient (Wildman–Crippen LogP) is 3.80. The third-order valence-corrected chi connectivity index (χ3v) is 5.73. The highest BCUT2D eigenvalue weighted by Crippen LogP contribution is 2.24. The molecule has 1 aliphatic rings. The lowest BCUT2D eigenvalue weighted by Gasteiger charge is -2.18. The SMILES string of the molecule is CSC1CCCN(CC(=O)c2ccc(Cl)s2)CC1. The van der Waals surface area contributed by atoms with E-state index in [1.54, 1.807) is 6.07 Å². The number of rotatable bonds is 4. The van der Waals surface area contributed by atoms with Gasteiger partial charge in [-0.2, -0.15) is 11.8 Å². The van der Waals surface area contributed by atoms with Gasteiger partial charge in [0.1, 0.15) is 0 Å². The Bertz CT molecular complexity index is 407. The quantitative estimate of drug-likeness (QED) is 0.789. The van der Waals surface area contributed by atoms with Crippen LogP contribution in [-0.2, 0) is 0 Å². The number of hydrogen-bond acceptors (Lipinski definition) is 4. The number of thiophene rings is 1. The van der Waals surface area contributed by atoms with Gasteiger partial charge in [-0.25, -0.2) is 0 Å². The maximum Gasteiger partial charge on any atom is 0.186 e. The molecule has 0 bridgehead atoms. The van der Waals surface area contributed by atoms with Gasteiger partial charge in [0.05, 0.1) is 15.8 Å². The lowest BCUT2D eigenvalue weighted by Crippen LogP contribution is -2.30. The van der Waals surface area contributed by atoms with Crippen molar-refractivity contribution in [3.8, 4) is 0 Å². The molecule has 1 aromatic heterocycles. The summed E-state index contributed by atoms with van der Waals surface area (Å²) >= 11 is 9.19. The van der Waals surface area contributed by atoms with Crippen molar-refractivity contribution in [1.82, 2.24) is 4.90 Å². The van der Waals surface area contributed by atoms with Crippen LogP contribution in [0.5, 0.6) is 0 Å². The van der Waals surface area contributed by atoms with Crippen LogP contribution in [0.4, 0.5) is 0 Å². The second-order valence-electron chi connectivity index (χ2n) is 4.59. The summed E-state index contributed by atoms with van der Waals surface area (Å²) < 4.78 is 0.691. The summed E-state index contributed by atoms with van der Waals surface area (Å²) in [5.74, 6) is 0.203. The number of nitrogens with zero attached hydrogens (tertiary/aromatic N) is 1. The molecule has 100 valence electrons. The molecule has 0 amide bonds. The van der Waals surface area contributed by atoms with Crippen LogP contribution in [0.15, 0.2) is 12.1 Å². The molecule has 1 unspecified atom stereocenters. The minimum absolute atomic E-state index is 0.203. The fourth-order valence-corrected chi connectivity index (χ4v) is 3.98. The van der Waals surface area contributed by atoms with Crippen molar-refractivity contribution in [3.63, 3.8) is 0 Å². The lowest BCUT2D eigenvalue weighted by molar-refractivity contribution is 0.0937. The Kier molecular flexibility index (Phi) is 5.55. The zero-order valence-electron chi connectivity index (χ0n) is 10.5. The number of thioether (sulfide) groups is 1. The topological polar surface area (TPSA) is 20.3 Å². The molecule has 1 saturated heterocycles. The van der Waals surface area contributed by atoms with E-state index in [4.69, 9.17) is 11.6 Å². The number of ketones is 1. The Labute approximate surface area is 122 Å². The smallest absolute Gasteiger partial charge is 0.186 e.